The number of amides is 2. The summed E-state index contributed by atoms with van der Waals surface area (Å²) in [6, 6.07) is 6.97. The largest absolute Gasteiger partial charge is 0.419 e. The van der Waals surface area contributed by atoms with Crippen LogP contribution in [0.2, 0.25) is 0 Å². The maximum Gasteiger partial charge on any atom is 0.419 e. The molecule has 4 rings (SSSR count). The minimum Gasteiger partial charge on any atom is -0.356 e. The zero-order valence-corrected chi connectivity index (χ0v) is 24.3. The van der Waals surface area contributed by atoms with Crippen molar-refractivity contribution in [2.24, 2.45) is 17.8 Å². The predicted octanol–water partition coefficient (Wildman–Crippen LogP) is 5.14. The predicted molar refractivity (Wildman–Crippen MR) is 152 cm³/mol. The first-order valence-corrected chi connectivity index (χ1v) is 14.5. The van der Waals surface area contributed by atoms with E-state index in [0.717, 1.165) is 38.5 Å². The Morgan fingerprint density at radius 3 is 2.41 bits per heavy atom. The zero-order valence-electron chi connectivity index (χ0n) is 24.3. The van der Waals surface area contributed by atoms with Crippen LogP contribution < -0.4 is 10.6 Å². The Bertz CT molecular complexity index is 1200. The second-order valence-corrected chi connectivity index (χ2v) is 11.8. The van der Waals surface area contributed by atoms with E-state index in [1.165, 1.54) is 0 Å². The first-order valence-electron chi connectivity index (χ1n) is 14.5. The van der Waals surface area contributed by atoms with E-state index in [2.05, 4.69) is 32.5 Å². The number of nitrogens with zero attached hydrogens (tertiary/aromatic N) is 4. The SMILES string of the molecule is CC(C)CNC(=O)[C@H]1CCC[C@H]1Cc1nc(Nc2ccc(C(=O)N(C)C3CCN(C)CC3)cc2)ncc1C(F)(F)F. The van der Waals surface area contributed by atoms with Crippen LogP contribution in [0.5, 0.6) is 0 Å². The standard InChI is InChI=1S/C30H41F3N6O2/c1-19(2)17-34-27(40)24-7-5-6-21(24)16-26-25(30(31,32)33)18-35-29(37-26)36-22-10-8-20(9-11-22)28(41)39(4)23-12-14-38(3)15-13-23/h8-11,18-19,21,23-24H,5-7,12-17H2,1-4H3,(H,34,40)(H,35,36,37)/t21-,24-/m0/s1. The highest BCUT2D eigenvalue weighted by atomic mass is 19.4. The molecule has 41 heavy (non-hydrogen) atoms. The summed E-state index contributed by atoms with van der Waals surface area (Å²) >= 11 is 0. The normalized spacial score (nSPS) is 20.3. The topological polar surface area (TPSA) is 90.5 Å². The molecule has 11 heteroatoms. The lowest BCUT2D eigenvalue weighted by Crippen LogP contribution is -2.44. The van der Waals surface area contributed by atoms with Crippen molar-refractivity contribution in [2.75, 3.05) is 39.0 Å². The maximum atomic E-state index is 13.9. The van der Waals surface area contributed by atoms with Crippen LogP contribution in [0.25, 0.3) is 0 Å². The van der Waals surface area contributed by atoms with Crippen LogP contribution in [-0.4, -0.2) is 71.4 Å². The summed E-state index contributed by atoms with van der Waals surface area (Å²) in [4.78, 5) is 38.0. The smallest absolute Gasteiger partial charge is 0.356 e. The Kier molecular flexibility index (Phi) is 9.88. The summed E-state index contributed by atoms with van der Waals surface area (Å²) in [7, 11) is 3.90. The molecule has 1 aliphatic heterocycles. The molecule has 2 aliphatic rings. The molecule has 1 aliphatic carbocycles. The zero-order chi connectivity index (χ0) is 29.7. The number of nitrogens with one attached hydrogen (secondary N) is 2. The van der Waals surface area contributed by atoms with Crippen molar-refractivity contribution in [1.82, 2.24) is 25.1 Å². The van der Waals surface area contributed by atoms with Gasteiger partial charge in [-0.15, -0.1) is 0 Å². The fraction of sp³-hybridized carbons (Fsp3) is 0.600. The Balaban J connectivity index is 1.46. The number of carbonyl (C=O) groups excluding carboxylic acids is 2. The molecule has 1 aromatic carbocycles. The number of alkyl halides is 3. The van der Waals surface area contributed by atoms with Crippen LogP contribution >= 0.6 is 0 Å². The number of anilines is 2. The molecule has 0 bridgehead atoms. The molecule has 2 heterocycles. The third-order valence-electron chi connectivity index (χ3n) is 8.25. The second-order valence-electron chi connectivity index (χ2n) is 11.8. The van der Waals surface area contributed by atoms with Crippen molar-refractivity contribution in [3.05, 3.63) is 47.3 Å². The van der Waals surface area contributed by atoms with Crippen molar-refractivity contribution < 1.29 is 22.8 Å². The van der Waals surface area contributed by atoms with Gasteiger partial charge >= 0.3 is 6.18 Å². The first-order chi connectivity index (χ1) is 19.4. The van der Waals surface area contributed by atoms with Gasteiger partial charge in [0.2, 0.25) is 11.9 Å². The van der Waals surface area contributed by atoms with Gasteiger partial charge in [0.05, 0.1) is 11.3 Å². The number of likely N-dealkylation sites (tertiary alicyclic amines) is 1. The molecule has 2 amide bonds. The highest BCUT2D eigenvalue weighted by Crippen LogP contribution is 2.38. The van der Waals surface area contributed by atoms with Gasteiger partial charge in [-0.2, -0.15) is 13.2 Å². The maximum absolute atomic E-state index is 13.9. The van der Waals surface area contributed by atoms with E-state index >= 15 is 0 Å². The van der Waals surface area contributed by atoms with Crippen molar-refractivity contribution in [3.63, 3.8) is 0 Å². The lowest BCUT2D eigenvalue weighted by atomic mass is 9.89. The summed E-state index contributed by atoms with van der Waals surface area (Å²) in [5.41, 5.74) is 0.0966. The van der Waals surface area contributed by atoms with E-state index in [-0.39, 0.29) is 47.8 Å². The molecule has 1 aromatic heterocycles. The molecule has 0 unspecified atom stereocenters. The van der Waals surface area contributed by atoms with Crippen LogP contribution in [0.3, 0.4) is 0 Å². The molecule has 2 N–H and O–H groups in total. The van der Waals surface area contributed by atoms with Crippen molar-refractivity contribution in [3.8, 4) is 0 Å². The molecule has 0 radical (unpaired) electrons. The molecule has 1 saturated carbocycles. The van der Waals surface area contributed by atoms with Crippen LogP contribution in [0.15, 0.2) is 30.5 Å². The van der Waals surface area contributed by atoms with Crippen molar-refractivity contribution in [2.45, 2.75) is 64.6 Å². The minimum absolute atomic E-state index is 0.0364. The lowest BCUT2D eigenvalue weighted by Gasteiger charge is -2.35. The summed E-state index contributed by atoms with van der Waals surface area (Å²) in [5.74, 6) is -0.398. The molecule has 8 nitrogen and oxygen atoms in total. The van der Waals surface area contributed by atoms with E-state index in [4.69, 9.17) is 0 Å². The molecular formula is C30H41F3N6O2. The lowest BCUT2D eigenvalue weighted by molar-refractivity contribution is -0.138. The number of piperidine rings is 1. The van der Waals surface area contributed by atoms with Gasteiger partial charge in [0.1, 0.15) is 0 Å². The fourth-order valence-corrected chi connectivity index (χ4v) is 5.76. The first kappa shape index (κ1) is 30.7. The van der Waals surface area contributed by atoms with Gasteiger partial charge < -0.3 is 20.4 Å². The summed E-state index contributed by atoms with van der Waals surface area (Å²) in [6.07, 6.45) is 0.218. The summed E-state index contributed by atoms with van der Waals surface area (Å²) in [5, 5.41) is 5.91. The Labute approximate surface area is 240 Å². The van der Waals surface area contributed by atoms with E-state index < -0.39 is 11.7 Å². The third-order valence-corrected chi connectivity index (χ3v) is 8.25. The highest BCUT2D eigenvalue weighted by molar-refractivity contribution is 5.94. The van der Waals surface area contributed by atoms with E-state index in [0.29, 0.717) is 36.6 Å². The monoisotopic (exact) mass is 574 g/mol. The third kappa shape index (κ3) is 7.96. The van der Waals surface area contributed by atoms with Crippen molar-refractivity contribution >= 4 is 23.5 Å². The molecule has 1 saturated heterocycles. The van der Waals surface area contributed by atoms with Gasteiger partial charge in [-0.3, -0.25) is 9.59 Å². The Morgan fingerprint density at radius 1 is 1.10 bits per heavy atom. The molecule has 224 valence electrons. The Morgan fingerprint density at radius 2 is 1.78 bits per heavy atom. The number of hydrogen-bond donors (Lipinski definition) is 2. The number of benzene rings is 1. The van der Waals surface area contributed by atoms with Gasteiger partial charge in [-0.25, -0.2) is 9.97 Å². The van der Waals surface area contributed by atoms with Gasteiger partial charge in [0.25, 0.3) is 5.91 Å². The van der Waals surface area contributed by atoms with Crippen LogP contribution in [0, 0.1) is 17.8 Å². The minimum atomic E-state index is -4.61. The number of carbonyl (C=O) groups is 2. The number of halogens is 3. The van der Waals surface area contributed by atoms with Crippen molar-refractivity contribution in [1.29, 1.82) is 0 Å². The van der Waals surface area contributed by atoms with Gasteiger partial charge in [-0.05, 0) is 88.3 Å². The van der Waals surface area contributed by atoms with Gasteiger partial charge in [-0.1, -0.05) is 20.3 Å². The molecule has 2 fully saturated rings. The summed E-state index contributed by atoms with van der Waals surface area (Å²) in [6.45, 7) is 6.44. The van der Waals surface area contributed by atoms with Crippen LogP contribution in [0.1, 0.15) is 67.6 Å². The molecular weight excluding hydrogens is 533 g/mol. The van der Waals surface area contributed by atoms with Crippen LogP contribution in [0.4, 0.5) is 24.8 Å². The fourth-order valence-electron chi connectivity index (χ4n) is 5.76. The average molecular weight is 575 g/mol. The quantitative estimate of drug-likeness (QED) is 0.431. The van der Waals surface area contributed by atoms with Crippen LogP contribution in [-0.2, 0) is 17.4 Å². The van der Waals surface area contributed by atoms with E-state index in [1.807, 2.05) is 20.9 Å². The molecule has 2 aromatic rings. The number of hydrogen-bond acceptors (Lipinski definition) is 6. The number of rotatable bonds is 9. The second kappa shape index (κ2) is 13.2. The summed E-state index contributed by atoms with van der Waals surface area (Å²) < 4.78 is 41.6. The molecule has 2 atom stereocenters. The van der Waals surface area contributed by atoms with E-state index in [1.54, 1.807) is 29.2 Å². The number of aromatic nitrogens is 2. The molecule has 0 spiro atoms. The Hall–Kier alpha value is -3.21. The van der Waals surface area contributed by atoms with Gasteiger partial charge in [0.15, 0.2) is 0 Å². The average Bonchev–Trinajstić information content (AvgIpc) is 3.39. The van der Waals surface area contributed by atoms with E-state index in [9.17, 15) is 22.8 Å². The highest BCUT2D eigenvalue weighted by Gasteiger charge is 2.39. The van der Waals surface area contributed by atoms with Gasteiger partial charge in [0, 0.05) is 43.0 Å².